The lowest BCUT2D eigenvalue weighted by Gasteiger charge is -2.21. The molecule has 0 radical (unpaired) electrons. The van der Waals surface area contributed by atoms with Gasteiger partial charge in [0.1, 0.15) is 5.82 Å². The molecule has 1 fully saturated rings. The maximum absolute atomic E-state index is 13.6. The SMILES string of the molecule is OC1(CNCc2cc(F)cc3cccnc23)CCSC1. The van der Waals surface area contributed by atoms with Crippen molar-refractivity contribution in [3.63, 3.8) is 0 Å². The summed E-state index contributed by atoms with van der Waals surface area (Å²) in [4.78, 5) is 4.32. The molecule has 3 nitrogen and oxygen atoms in total. The summed E-state index contributed by atoms with van der Waals surface area (Å²) in [5, 5.41) is 14.3. The average Bonchev–Trinajstić information content (AvgIpc) is 2.85. The summed E-state index contributed by atoms with van der Waals surface area (Å²) in [7, 11) is 0. The molecule has 1 aromatic heterocycles. The first-order chi connectivity index (χ1) is 9.66. The number of aromatic nitrogens is 1. The highest BCUT2D eigenvalue weighted by Gasteiger charge is 2.31. The van der Waals surface area contributed by atoms with E-state index in [-0.39, 0.29) is 5.82 Å². The molecule has 2 heterocycles. The van der Waals surface area contributed by atoms with Crippen LogP contribution in [0.3, 0.4) is 0 Å². The first kappa shape index (κ1) is 13.8. The number of thioether (sulfide) groups is 1. The molecule has 0 amide bonds. The van der Waals surface area contributed by atoms with Crippen molar-refractivity contribution in [2.45, 2.75) is 18.6 Å². The Bertz CT molecular complexity index is 614. The van der Waals surface area contributed by atoms with Crippen LogP contribution in [0, 0.1) is 5.82 Å². The maximum atomic E-state index is 13.6. The summed E-state index contributed by atoms with van der Waals surface area (Å²) < 4.78 is 13.6. The van der Waals surface area contributed by atoms with E-state index >= 15 is 0 Å². The number of hydrogen-bond acceptors (Lipinski definition) is 4. The standard InChI is InChI=1S/C15H17FN2OS/c16-13-6-11-2-1-4-18-14(11)12(7-13)8-17-9-15(19)3-5-20-10-15/h1-2,4,6-7,17,19H,3,5,8-10H2. The van der Waals surface area contributed by atoms with Crippen molar-refractivity contribution in [3.05, 3.63) is 41.8 Å². The molecule has 1 aromatic carbocycles. The van der Waals surface area contributed by atoms with Crippen LogP contribution in [0.15, 0.2) is 30.5 Å². The third-order valence-electron chi connectivity index (χ3n) is 3.60. The van der Waals surface area contributed by atoms with Crippen LogP contribution in [0.2, 0.25) is 0 Å². The molecule has 106 valence electrons. The molecule has 1 unspecified atom stereocenters. The van der Waals surface area contributed by atoms with Crippen molar-refractivity contribution in [1.82, 2.24) is 10.3 Å². The predicted molar refractivity (Wildman–Crippen MR) is 80.3 cm³/mol. The molecule has 1 aliphatic heterocycles. The van der Waals surface area contributed by atoms with E-state index in [0.29, 0.717) is 13.1 Å². The van der Waals surface area contributed by atoms with Crippen molar-refractivity contribution in [2.75, 3.05) is 18.1 Å². The summed E-state index contributed by atoms with van der Waals surface area (Å²) in [5.41, 5.74) is 1.02. The molecule has 2 aromatic rings. The van der Waals surface area contributed by atoms with Gasteiger partial charge in [0, 0.05) is 30.4 Å². The number of fused-ring (bicyclic) bond motifs is 1. The number of rotatable bonds is 4. The van der Waals surface area contributed by atoms with E-state index in [0.717, 1.165) is 34.4 Å². The Kier molecular flexibility index (Phi) is 3.92. The fourth-order valence-corrected chi connectivity index (χ4v) is 3.82. The van der Waals surface area contributed by atoms with Gasteiger partial charge in [0.05, 0.1) is 11.1 Å². The third kappa shape index (κ3) is 2.95. The lowest BCUT2D eigenvalue weighted by Crippen LogP contribution is -2.40. The maximum Gasteiger partial charge on any atom is 0.124 e. The molecule has 0 saturated carbocycles. The second kappa shape index (κ2) is 5.68. The van der Waals surface area contributed by atoms with Gasteiger partial charge in [0.2, 0.25) is 0 Å². The van der Waals surface area contributed by atoms with E-state index < -0.39 is 5.60 Å². The van der Waals surface area contributed by atoms with Gasteiger partial charge in [-0.2, -0.15) is 11.8 Å². The highest BCUT2D eigenvalue weighted by molar-refractivity contribution is 7.99. The van der Waals surface area contributed by atoms with Crippen molar-refractivity contribution in [3.8, 4) is 0 Å². The molecular weight excluding hydrogens is 275 g/mol. The molecule has 0 bridgehead atoms. The summed E-state index contributed by atoms with van der Waals surface area (Å²) in [6.07, 6.45) is 2.53. The van der Waals surface area contributed by atoms with Crippen molar-refractivity contribution >= 4 is 22.7 Å². The van der Waals surface area contributed by atoms with Crippen LogP contribution in [0.4, 0.5) is 4.39 Å². The van der Waals surface area contributed by atoms with Gasteiger partial charge in [-0.15, -0.1) is 0 Å². The minimum atomic E-state index is -0.624. The van der Waals surface area contributed by atoms with E-state index in [1.165, 1.54) is 12.1 Å². The van der Waals surface area contributed by atoms with Gasteiger partial charge in [-0.3, -0.25) is 4.98 Å². The molecule has 1 saturated heterocycles. The zero-order chi connectivity index (χ0) is 14.0. The Morgan fingerprint density at radius 3 is 3.15 bits per heavy atom. The lowest BCUT2D eigenvalue weighted by atomic mass is 10.0. The number of aliphatic hydroxyl groups is 1. The number of halogens is 1. The largest absolute Gasteiger partial charge is 0.388 e. The quantitative estimate of drug-likeness (QED) is 0.908. The van der Waals surface area contributed by atoms with Crippen LogP contribution in [0.25, 0.3) is 10.9 Å². The van der Waals surface area contributed by atoms with Crippen LogP contribution in [-0.4, -0.2) is 33.7 Å². The van der Waals surface area contributed by atoms with Crippen molar-refractivity contribution in [2.24, 2.45) is 0 Å². The number of pyridine rings is 1. The van der Waals surface area contributed by atoms with Gasteiger partial charge >= 0.3 is 0 Å². The van der Waals surface area contributed by atoms with E-state index in [1.54, 1.807) is 24.0 Å². The van der Waals surface area contributed by atoms with Gasteiger partial charge in [0.25, 0.3) is 0 Å². The molecule has 20 heavy (non-hydrogen) atoms. The Labute approximate surface area is 121 Å². The second-order valence-electron chi connectivity index (χ2n) is 5.27. The Balaban J connectivity index is 1.74. The smallest absolute Gasteiger partial charge is 0.124 e. The number of nitrogens with zero attached hydrogens (tertiary/aromatic N) is 1. The number of benzene rings is 1. The van der Waals surface area contributed by atoms with Gasteiger partial charge in [-0.05, 0) is 35.9 Å². The predicted octanol–water partition coefficient (Wildman–Crippen LogP) is 2.33. The van der Waals surface area contributed by atoms with E-state index in [9.17, 15) is 9.50 Å². The zero-order valence-electron chi connectivity index (χ0n) is 11.1. The molecule has 2 N–H and O–H groups in total. The first-order valence-corrected chi connectivity index (χ1v) is 7.86. The van der Waals surface area contributed by atoms with Crippen molar-refractivity contribution < 1.29 is 9.50 Å². The molecule has 0 aliphatic carbocycles. The minimum Gasteiger partial charge on any atom is -0.388 e. The summed E-state index contributed by atoms with van der Waals surface area (Å²) in [6.45, 7) is 1.04. The molecule has 5 heteroatoms. The normalized spacial score (nSPS) is 22.5. The third-order valence-corrected chi connectivity index (χ3v) is 4.83. The Morgan fingerprint density at radius 1 is 1.45 bits per heavy atom. The summed E-state index contributed by atoms with van der Waals surface area (Å²) in [6, 6.07) is 6.66. The van der Waals surface area contributed by atoms with Crippen LogP contribution >= 0.6 is 11.8 Å². The zero-order valence-corrected chi connectivity index (χ0v) is 11.9. The monoisotopic (exact) mass is 292 g/mol. The summed E-state index contributed by atoms with van der Waals surface area (Å²) >= 11 is 1.77. The highest BCUT2D eigenvalue weighted by atomic mass is 32.2. The van der Waals surface area contributed by atoms with Gasteiger partial charge < -0.3 is 10.4 Å². The van der Waals surface area contributed by atoms with Crippen LogP contribution in [0.1, 0.15) is 12.0 Å². The highest BCUT2D eigenvalue weighted by Crippen LogP contribution is 2.27. The van der Waals surface area contributed by atoms with Crippen LogP contribution < -0.4 is 5.32 Å². The topological polar surface area (TPSA) is 45.1 Å². The van der Waals surface area contributed by atoms with E-state index in [1.807, 2.05) is 6.07 Å². The molecule has 1 aliphatic rings. The summed E-state index contributed by atoms with van der Waals surface area (Å²) in [5.74, 6) is 1.52. The van der Waals surface area contributed by atoms with Crippen molar-refractivity contribution in [1.29, 1.82) is 0 Å². The molecule has 1 atom stereocenters. The van der Waals surface area contributed by atoms with E-state index in [2.05, 4.69) is 10.3 Å². The minimum absolute atomic E-state index is 0.252. The average molecular weight is 292 g/mol. The number of nitrogens with one attached hydrogen (secondary N) is 1. The fraction of sp³-hybridized carbons (Fsp3) is 0.400. The first-order valence-electron chi connectivity index (χ1n) is 6.70. The van der Waals surface area contributed by atoms with Crippen LogP contribution in [0.5, 0.6) is 0 Å². The van der Waals surface area contributed by atoms with Crippen LogP contribution in [-0.2, 0) is 6.54 Å². The Morgan fingerprint density at radius 2 is 2.35 bits per heavy atom. The Hall–Kier alpha value is -1.17. The van der Waals surface area contributed by atoms with E-state index in [4.69, 9.17) is 0 Å². The second-order valence-corrected chi connectivity index (χ2v) is 6.38. The number of hydrogen-bond donors (Lipinski definition) is 2. The fourth-order valence-electron chi connectivity index (χ4n) is 2.53. The van der Waals surface area contributed by atoms with Gasteiger partial charge in [0.15, 0.2) is 0 Å². The molecule has 3 rings (SSSR count). The van der Waals surface area contributed by atoms with Gasteiger partial charge in [-0.25, -0.2) is 4.39 Å². The van der Waals surface area contributed by atoms with Gasteiger partial charge in [-0.1, -0.05) is 6.07 Å². The lowest BCUT2D eigenvalue weighted by molar-refractivity contribution is 0.0675. The molecular formula is C15H17FN2OS. The molecule has 0 spiro atoms.